The number of aryl methyl sites for hydroxylation is 1. The lowest BCUT2D eigenvalue weighted by Gasteiger charge is -2.10. The fraction of sp³-hybridized carbons (Fsp3) is 0.391. The van der Waals surface area contributed by atoms with Crippen LogP contribution in [0.1, 0.15) is 54.9 Å². The zero-order valence-corrected chi connectivity index (χ0v) is 18.7. The molecule has 6 heteroatoms. The number of unbranched alkanes of at least 4 members (excludes halogenated alkanes) is 3. The van der Waals surface area contributed by atoms with Gasteiger partial charge in [-0.3, -0.25) is 9.59 Å². The van der Waals surface area contributed by atoms with Crippen molar-refractivity contribution in [3.8, 4) is 5.75 Å². The van der Waals surface area contributed by atoms with Crippen molar-refractivity contribution >= 4 is 33.4 Å². The molecule has 0 unspecified atom stereocenters. The summed E-state index contributed by atoms with van der Waals surface area (Å²) in [5.41, 5.74) is 2.32. The maximum absolute atomic E-state index is 12.5. The predicted molar refractivity (Wildman–Crippen MR) is 121 cm³/mol. The summed E-state index contributed by atoms with van der Waals surface area (Å²) in [4.78, 5) is 23.8. The average Bonchev–Trinajstić information content (AvgIpc) is 2.73. The molecule has 29 heavy (non-hydrogen) atoms. The first-order valence-corrected chi connectivity index (χ1v) is 10.9. The first-order valence-electron chi connectivity index (χ1n) is 10.1. The van der Waals surface area contributed by atoms with Crippen LogP contribution in [0.5, 0.6) is 5.75 Å². The van der Waals surface area contributed by atoms with Gasteiger partial charge in [0.15, 0.2) is 0 Å². The smallest absolute Gasteiger partial charge is 0.255 e. The van der Waals surface area contributed by atoms with Crippen molar-refractivity contribution in [1.82, 2.24) is 5.32 Å². The van der Waals surface area contributed by atoms with Crippen LogP contribution in [0, 0.1) is 0 Å². The van der Waals surface area contributed by atoms with Crippen LogP contribution in [0.4, 0.5) is 5.69 Å². The Hall–Kier alpha value is -2.34. The number of ether oxygens (including phenoxy) is 1. The van der Waals surface area contributed by atoms with Crippen molar-refractivity contribution in [2.24, 2.45) is 0 Å². The molecule has 0 aliphatic heterocycles. The first kappa shape index (κ1) is 22.9. The fourth-order valence-electron chi connectivity index (χ4n) is 2.81. The molecule has 2 amide bonds. The van der Waals surface area contributed by atoms with Crippen molar-refractivity contribution in [2.45, 2.75) is 45.4 Å². The Morgan fingerprint density at radius 1 is 1.03 bits per heavy atom. The van der Waals surface area contributed by atoms with E-state index in [1.165, 1.54) is 19.3 Å². The minimum absolute atomic E-state index is 0.0151. The molecule has 0 spiro atoms. The van der Waals surface area contributed by atoms with E-state index in [0.29, 0.717) is 30.7 Å². The number of hydrogen-bond donors (Lipinski definition) is 2. The van der Waals surface area contributed by atoms with Crippen LogP contribution < -0.4 is 15.4 Å². The molecule has 0 radical (unpaired) electrons. The van der Waals surface area contributed by atoms with E-state index in [0.717, 1.165) is 22.2 Å². The summed E-state index contributed by atoms with van der Waals surface area (Å²) >= 11 is 3.49. The van der Waals surface area contributed by atoms with Crippen molar-refractivity contribution in [3.63, 3.8) is 0 Å². The van der Waals surface area contributed by atoms with Gasteiger partial charge in [0.2, 0.25) is 5.91 Å². The number of carbonyl (C=O) groups excluding carboxylic acids is 2. The predicted octanol–water partition coefficient (Wildman–Crippen LogP) is 5.34. The van der Waals surface area contributed by atoms with Crippen LogP contribution in [-0.2, 0) is 11.2 Å². The van der Waals surface area contributed by atoms with Crippen LogP contribution in [0.25, 0.3) is 0 Å². The van der Waals surface area contributed by atoms with Crippen LogP contribution in [0.3, 0.4) is 0 Å². The van der Waals surface area contributed by atoms with Gasteiger partial charge in [-0.1, -0.05) is 38.3 Å². The van der Waals surface area contributed by atoms with Crippen LogP contribution in [0.15, 0.2) is 46.9 Å². The zero-order valence-electron chi connectivity index (χ0n) is 17.1. The monoisotopic (exact) mass is 460 g/mol. The summed E-state index contributed by atoms with van der Waals surface area (Å²) in [6.45, 7) is 2.86. The van der Waals surface area contributed by atoms with Crippen molar-refractivity contribution in [3.05, 3.63) is 58.1 Å². The minimum Gasteiger partial charge on any atom is -0.492 e. The highest BCUT2D eigenvalue weighted by Crippen LogP contribution is 2.27. The second kappa shape index (κ2) is 12.3. The summed E-state index contributed by atoms with van der Waals surface area (Å²) < 4.78 is 6.56. The molecule has 0 heterocycles. The first-order chi connectivity index (χ1) is 14.0. The highest BCUT2D eigenvalue weighted by Gasteiger charge is 2.10. The standard InChI is InChI=1S/C23H29BrN2O3/c1-3-4-5-6-15-29-21-13-10-18(16-20(21)24)23(28)26-19-11-7-17(8-12-19)9-14-22(27)25-2/h7-8,10-13,16H,3-6,9,14-15H2,1-2H3,(H,25,27)(H,26,28). The van der Waals surface area contributed by atoms with Gasteiger partial charge in [0.25, 0.3) is 5.91 Å². The average molecular weight is 461 g/mol. The Morgan fingerprint density at radius 2 is 1.79 bits per heavy atom. The lowest BCUT2D eigenvalue weighted by Crippen LogP contribution is -2.17. The lowest BCUT2D eigenvalue weighted by atomic mass is 10.1. The van der Waals surface area contributed by atoms with E-state index < -0.39 is 0 Å². The molecular formula is C23H29BrN2O3. The van der Waals surface area contributed by atoms with Gasteiger partial charge in [-0.05, 0) is 64.7 Å². The summed E-state index contributed by atoms with van der Waals surface area (Å²) in [6.07, 6.45) is 5.73. The molecule has 2 N–H and O–H groups in total. The lowest BCUT2D eigenvalue weighted by molar-refractivity contribution is -0.120. The van der Waals surface area contributed by atoms with Crippen LogP contribution in [0.2, 0.25) is 0 Å². The Bertz CT molecular complexity index is 806. The third kappa shape index (κ3) is 7.89. The molecule has 0 aromatic heterocycles. The molecule has 2 rings (SSSR count). The van der Waals surface area contributed by atoms with Gasteiger partial charge in [-0.25, -0.2) is 0 Å². The van der Waals surface area contributed by atoms with Gasteiger partial charge in [-0.2, -0.15) is 0 Å². The highest BCUT2D eigenvalue weighted by molar-refractivity contribution is 9.10. The summed E-state index contributed by atoms with van der Waals surface area (Å²) in [6, 6.07) is 12.9. The number of benzene rings is 2. The number of rotatable bonds is 11. The molecule has 0 bridgehead atoms. The molecule has 0 saturated heterocycles. The number of halogens is 1. The van der Waals surface area contributed by atoms with Gasteiger partial charge in [-0.15, -0.1) is 0 Å². The second-order valence-electron chi connectivity index (χ2n) is 6.88. The van der Waals surface area contributed by atoms with Crippen molar-refractivity contribution in [1.29, 1.82) is 0 Å². The van der Waals surface area contributed by atoms with E-state index in [1.54, 1.807) is 19.2 Å². The van der Waals surface area contributed by atoms with E-state index >= 15 is 0 Å². The van der Waals surface area contributed by atoms with Crippen molar-refractivity contribution < 1.29 is 14.3 Å². The third-order valence-electron chi connectivity index (χ3n) is 4.58. The number of anilines is 1. The van der Waals surface area contributed by atoms with E-state index in [9.17, 15) is 9.59 Å². The molecule has 0 saturated carbocycles. The Labute approximate surface area is 181 Å². The molecule has 0 atom stereocenters. The van der Waals surface area contributed by atoms with Gasteiger partial charge >= 0.3 is 0 Å². The number of amides is 2. The summed E-state index contributed by atoms with van der Waals surface area (Å²) in [5, 5.41) is 5.50. The number of carbonyl (C=O) groups is 2. The zero-order chi connectivity index (χ0) is 21.1. The van der Waals surface area contributed by atoms with Gasteiger partial charge in [0, 0.05) is 24.7 Å². The summed E-state index contributed by atoms with van der Waals surface area (Å²) in [7, 11) is 1.63. The van der Waals surface area contributed by atoms with Crippen molar-refractivity contribution in [2.75, 3.05) is 19.0 Å². The largest absolute Gasteiger partial charge is 0.492 e. The van der Waals surface area contributed by atoms with Gasteiger partial charge < -0.3 is 15.4 Å². The van der Waals surface area contributed by atoms with E-state index in [-0.39, 0.29) is 11.8 Å². The SMILES string of the molecule is CCCCCCOc1ccc(C(=O)Nc2ccc(CCC(=O)NC)cc2)cc1Br. The number of hydrogen-bond acceptors (Lipinski definition) is 3. The molecule has 156 valence electrons. The third-order valence-corrected chi connectivity index (χ3v) is 5.20. The summed E-state index contributed by atoms with van der Waals surface area (Å²) in [5.74, 6) is 0.582. The maximum Gasteiger partial charge on any atom is 0.255 e. The second-order valence-corrected chi connectivity index (χ2v) is 7.73. The molecule has 0 fully saturated rings. The fourth-order valence-corrected chi connectivity index (χ4v) is 3.30. The highest BCUT2D eigenvalue weighted by atomic mass is 79.9. The Kier molecular flexibility index (Phi) is 9.71. The molecule has 0 aliphatic rings. The topological polar surface area (TPSA) is 67.4 Å². The van der Waals surface area contributed by atoms with Gasteiger partial charge in [0.1, 0.15) is 5.75 Å². The Morgan fingerprint density at radius 3 is 2.45 bits per heavy atom. The maximum atomic E-state index is 12.5. The minimum atomic E-state index is -0.182. The molecule has 2 aromatic rings. The normalized spacial score (nSPS) is 10.4. The Balaban J connectivity index is 1.88. The molecule has 2 aromatic carbocycles. The van der Waals surface area contributed by atoms with Gasteiger partial charge in [0.05, 0.1) is 11.1 Å². The molecule has 5 nitrogen and oxygen atoms in total. The van der Waals surface area contributed by atoms with E-state index in [1.807, 2.05) is 30.3 Å². The van der Waals surface area contributed by atoms with E-state index in [4.69, 9.17) is 4.74 Å². The van der Waals surface area contributed by atoms with Crippen LogP contribution in [-0.4, -0.2) is 25.5 Å². The molecule has 0 aliphatic carbocycles. The number of nitrogens with one attached hydrogen (secondary N) is 2. The van der Waals surface area contributed by atoms with Crippen LogP contribution >= 0.6 is 15.9 Å². The quantitative estimate of drug-likeness (QED) is 0.444. The van der Waals surface area contributed by atoms with E-state index in [2.05, 4.69) is 33.5 Å². The molecular weight excluding hydrogens is 432 g/mol.